The zero-order valence-electron chi connectivity index (χ0n) is 14.0. The maximum Gasteiger partial charge on any atom is 0.317 e. The number of ether oxygens (including phenoxy) is 1. The first kappa shape index (κ1) is 18.1. The Morgan fingerprint density at radius 1 is 1.31 bits per heavy atom. The fourth-order valence-corrected chi connectivity index (χ4v) is 4.06. The summed E-state index contributed by atoms with van der Waals surface area (Å²) in [4.78, 5) is 24.8. The second-order valence-electron chi connectivity index (χ2n) is 6.20. The summed E-state index contributed by atoms with van der Waals surface area (Å²) in [6.07, 6.45) is 2.83. The van der Waals surface area contributed by atoms with Crippen LogP contribution in [-0.2, 0) is 19.7 Å². The lowest BCUT2D eigenvalue weighted by molar-refractivity contribution is -0.153. The molecule has 1 aromatic carbocycles. The molecule has 1 aliphatic rings. The van der Waals surface area contributed by atoms with Crippen LogP contribution in [0.1, 0.15) is 36.8 Å². The van der Waals surface area contributed by atoms with E-state index in [1.54, 1.807) is 23.6 Å². The maximum absolute atomic E-state index is 13.6. The molecule has 1 aliphatic carbocycles. The van der Waals surface area contributed by atoms with Gasteiger partial charge in [0, 0.05) is 0 Å². The number of hydrogen-bond donors (Lipinski definition) is 1. The molecule has 7 heteroatoms. The molecule has 26 heavy (non-hydrogen) atoms. The standard InChI is InChI=1S/C19H17FN2O3S/c20-15-5-3-4-14(10-15)19(7-1-2-8-19)18(24)25-12-16(23)22-17-13(11-21)6-9-26-17/h3-6,9-10H,1-2,7-8,12H2,(H,22,23). The lowest BCUT2D eigenvalue weighted by atomic mass is 9.79. The first-order chi connectivity index (χ1) is 12.5. The Labute approximate surface area is 154 Å². The first-order valence-corrected chi connectivity index (χ1v) is 9.14. The number of carbonyl (C=O) groups is 2. The Morgan fingerprint density at radius 3 is 2.77 bits per heavy atom. The predicted molar refractivity (Wildman–Crippen MR) is 95.2 cm³/mol. The van der Waals surface area contributed by atoms with E-state index in [0.29, 0.717) is 29.0 Å². The second kappa shape index (κ2) is 7.67. The van der Waals surface area contributed by atoms with Crippen molar-refractivity contribution in [3.05, 3.63) is 52.7 Å². The molecule has 134 valence electrons. The van der Waals surface area contributed by atoms with Crippen molar-refractivity contribution < 1.29 is 18.7 Å². The fraction of sp³-hybridized carbons (Fsp3) is 0.316. The molecule has 3 rings (SSSR count). The van der Waals surface area contributed by atoms with Gasteiger partial charge in [-0.2, -0.15) is 5.26 Å². The summed E-state index contributed by atoms with van der Waals surface area (Å²) in [7, 11) is 0. The maximum atomic E-state index is 13.6. The molecule has 1 aromatic heterocycles. The van der Waals surface area contributed by atoms with E-state index in [1.807, 2.05) is 6.07 Å². The van der Waals surface area contributed by atoms with Crippen molar-refractivity contribution >= 4 is 28.2 Å². The van der Waals surface area contributed by atoms with Crippen molar-refractivity contribution in [2.75, 3.05) is 11.9 Å². The number of halogens is 1. The van der Waals surface area contributed by atoms with Crippen LogP contribution in [0.15, 0.2) is 35.7 Å². The number of esters is 1. The molecular weight excluding hydrogens is 355 g/mol. The van der Waals surface area contributed by atoms with Crippen molar-refractivity contribution in [1.29, 1.82) is 5.26 Å². The smallest absolute Gasteiger partial charge is 0.317 e. The summed E-state index contributed by atoms with van der Waals surface area (Å²) in [6.45, 7) is -0.446. The molecule has 5 nitrogen and oxygen atoms in total. The molecule has 0 atom stereocenters. The van der Waals surface area contributed by atoms with Gasteiger partial charge in [-0.05, 0) is 42.0 Å². The van der Waals surface area contributed by atoms with Crippen LogP contribution in [0.5, 0.6) is 0 Å². The third-order valence-electron chi connectivity index (χ3n) is 4.60. The molecule has 2 aromatic rings. The molecule has 0 bridgehead atoms. The van der Waals surface area contributed by atoms with Crippen molar-refractivity contribution in [3.63, 3.8) is 0 Å². The molecule has 0 radical (unpaired) electrons. The van der Waals surface area contributed by atoms with Gasteiger partial charge in [-0.15, -0.1) is 11.3 Å². The molecule has 0 unspecified atom stereocenters. The van der Waals surface area contributed by atoms with E-state index in [2.05, 4.69) is 5.32 Å². The number of nitriles is 1. The van der Waals surface area contributed by atoms with Crippen LogP contribution < -0.4 is 5.32 Å². The average Bonchev–Trinajstić information content (AvgIpc) is 3.29. The van der Waals surface area contributed by atoms with Gasteiger partial charge in [-0.1, -0.05) is 25.0 Å². The first-order valence-electron chi connectivity index (χ1n) is 8.26. The number of anilines is 1. The van der Waals surface area contributed by atoms with E-state index in [1.165, 1.54) is 23.5 Å². The minimum absolute atomic E-state index is 0.363. The van der Waals surface area contributed by atoms with Gasteiger partial charge >= 0.3 is 5.97 Å². The van der Waals surface area contributed by atoms with Crippen LogP contribution in [0.25, 0.3) is 0 Å². The SMILES string of the molecule is N#Cc1ccsc1NC(=O)COC(=O)C1(c2cccc(F)c2)CCCC1. The Kier molecular flexibility index (Phi) is 5.33. The van der Waals surface area contributed by atoms with Gasteiger partial charge in [0.05, 0.1) is 11.0 Å². The average molecular weight is 372 g/mol. The number of hydrogen-bond acceptors (Lipinski definition) is 5. The zero-order valence-corrected chi connectivity index (χ0v) is 14.8. The number of benzene rings is 1. The largest absolute Gasteiger partial charge is 0.455 e. The summed E-state index contributed by atoms with van der Waals surface area (Å²) in [5, 5.41) is 13.6. The summed E-state index contributed by atoms with van der Waals surface area (Å²) >= 11 is 1.22. The highest BCUT2D eigenvalue weighted by atomic mass is 32.1. The van der Waals surface area contributed by atoms with E-state index >= 15 is 0 Å². The van der Waals surface area contributed by atoms with E-state index in [4.69, 9.17) is 10.00 Å². The minimum Gasteiger partial charge on any atom is -0.455 e. The molecular formula is C19H17FN2O3S. The van der Waals surface area contributed by atoms with Crippen molar-refractivity contribution in [3.8, 4) is 6.07 Å². The predicted octanol–water partition coefficient (Wildman–Crippen LogP) is 3.75. The van der Waals surface area contributed by atoms with Gasteiger partial charge in [0.2, 0.25) is 0 Å². The second-order valence-corrected chi connectivity index (χ2v) is 7.12. The Hall–Kier alpha value is -2.72. The number of rotatable bonds is 5. The minimum atomic E-state index is -0.900. The summed E-state index contributed by atoms with van der Waals surface area (Å²) in [5.74, 6) is -1.42. The number of nitrogens with zero attached hydrogens (tertiary/aromatic N) is 1. The quantitative estimate of drug-likeness (QED) is 0.811. The van der Waals surface area contributed by atoms with Gasteiger partial charge in [-0.3, -0.25) is 9.59 Å². The van der Waals surface area contributed by atoms with Gasteiger partial charge in [-0.25, -0.2) is 4.39 Å². The zero-order chi connectivity index (χ0) is 18.6. The third-order valence-corrected chi connectivity index (χ3v) is 5.43. The van der Waals surface area contributed by atoms with E-state index in [-0.39, 0.29) is 0 Å². The van der Waals surface area contributed by atoms with E-state index < -0.39 is 29.7 Å². The van der Waals surface area contributed by atoms with Gasteiger partial charge in [0.15, 0.2) is 6.61 Å². The summed E-state index contributed by atoms with van der Waals surface area (Å²) in [5.41, 5.74) is 0.0514. The molecule has 0 aliphatic heterocycles. The highest BCUT2D eigenvalue weighted by Crippen LogP contribution is 2.42. The van der Waals surface area contributed by atoms with Crippen LogP contribution in [0.4, 0.5) is 9.39 Å². The summed E-state index contributed by atoms with van der Waals surface area (Å²) < 4.78 is 18.9. The number of thiophene rings is 1. The molecule has 1 amide bonds. The number of carbonyl (C=O) groups excluding carboxylic acids is 2. The lowest BCUT2D eigenvalue weighted by Crippen LogP contribution is -2.36. The van der Waals surface area contributed by atoms with Crippen molar-refractivity contribution in [2.45, 2.75) is 31.1 Å². The van der Waals surface area contributed by atoms with Gasteiger partial charge in [0.25, 0.3) is 5.91 Å². The molecule has 1 fully saturated rings. The van der Waals surface area contributed by atoms with Crippen molar-refractivity contribution in [2.24, 2.45) is 0 Å². The van der Waals surface area contributed by atoms with Crippen molar-refractivity contribution in [1.82, 2.24) is 0 Å². The topological polar surface area (TPSA) is 79.2 Å². The lowest BCUT2D eigenvalue weighted by Gasteiger charge is -2.27. The highest BCUT2D eigenvalue weighted by molar-refractivity contribution is 7.14. The van der Waals surface area contributed by atoms with E-state index in [9.17, 15) is 14.0 Å². The molecule has 0 spiro atoms. The third kappa shape index (κ3) is 3.60. The molecule has 1 N–H and O–H groups in total. The Morgan fingerprint density at radius 2 is 2.08 bits per heavy atom. The number of nitrogens with one attached hydrogen (secondary N) is 1. The van der Waals surface area contributed by atoms with Gasteiger partial charge < -0.3 is 10.1 Å². The normalized spacial score (nSPS) is 15.2. The molecule has 1 saturated carbocycles. The molecule has 1 heterocycles. The molecule has 0 saturated heterocycles. The monoisotopic (exact) mass is 372 g/mol. The van der Waals surface area contributed by atoms with Crippen LogP contribution in [0.2, 0.25) is 0 Å². The number of amides is 1. The van der Waals surface area contributed by atoms with Crippen LogP contribution in [0, 0.1) is 17.1 Å². The van der Waals surface area contributed by atoms with Gasteiger partial charge in [0.1, 0.15) is 16.9 Å². The highest BCUT2D eigenvalue weighted by Gasteiger charge is 2.44. The summed E-state index contributed by atoms with van der Waals surface area (Å²) in [6, 6.07) is 9.56. The van der Waals surface area contributed by atoms with Crippen LogP contribution in [0.3, 0.4) is 0 Å². The van der Waals surface area contributed by atoms with Crippen LogP contribution in [-0.4, -0.2) is 18.5 Å². The Balaban J connectivity index is 1.68. The fourth-order valence-electron chi connectivity index (χ4n) is 3.30. The van der Waals surface area contributed by atoms with E-state index in [0.717, 1.165) is 12.8 Å². The van der Waals surface area contributed by atoms with Crippen LogP contribution >= 0.6 is 11.3 Å². The Bertz CT molecular complexity index is 866.